The fourth-order valence-electron chi connectivity index (χ4n) is 2.91. The molecule has 26 heavy (non-hydrogen) atoms. The lowest BCUT2D eigenvalue weighted by Gasteiger charge is -2.31. The van der Waals surface area contributed by atoms with Gasteiger partial charge in [-0.2, -0.15) is 4.98 Å². The summed E-state index contributed by atoms with van der Waals surface area (Å²) in [5, 5.41) is 3.95. The summed E-state index contributed by atoms with van der Waals surface area (Å²) in [5.41, 5.74) is 1.38. The summed E-state index contributed by atoms with van der Waals surface area (Å²) in [6.45, 7) is 1.56. The molecule has 0 unspecified atom stereocenters. The number of furan rings is 1. The molecule has 0 bridgehead atoms. The quantitative estimate of drug-likeness (QED) is 0.695. The standard InChI is InChI=1S/C18H18N4O4/c23-18(14-5-9-24-11-14)22-7-3-15(4-8-22)25-12-16-20-17(21-26-16)13-2-1-6-19-10-13/h1-2,5-6,9-11,15H,3-4,7-8,12H2. The van der Waals surface area contributed by atoms with Crippen LogP contribution in [0.4, 0.5) is 0 Å². The van der Waals surface area contributed by atoms with Gasteiger partial charge in [0.25, 0.3) is 11.8 Å². The van der Waals surface area contributed by atoms with E-state index < -0.39 is 0 Å². The molecule has 4 heterocycles. The first kappa shape index (κ1) is 16.5. The highest BCUT2D eigenvalue weighted by Gasteiger charge is 2.25. The predicted molar refractivity (Wildman–Crippen MR) is 90.0 cm³/mol. The number of likely N-dealkylation sites (tertiary alicyclic amines) is 1. The van der Waals surface area contributed by atoms with Crippen molar-refractivity contribution in [3.05, 3.63) is 54.6 Å². The highest BCUT2D eigenvalue weighted by Crippen LogP contribution is 2.19. The second-order valence-electron chi connectivity index (χ2n) is 6.07. The lowest BCUT2D eigenvalue weighted by molar-refractivity contribution is -0.00979. The lowest BCUT2D eigenvalue weighted by Crippen LogP contribution is -2.40. The van der Waals surface area contributed by atoms with Crippen molar-refractivity contribution in [1.29, 1.82) is 0 Å². The van der Waals surface area contributed by atoms with Crippen molar-refractivity contribution in [3.63, 3.8) is 0 Å². The number of pyridine rings is 1. The van der Waals surface area contributed by atoms with Crippen LogP contribution in [0.2, 0.25) is 0 Å². The first-order valence-electron chi connectivity index (χ1n) is 8.45. The van der Waals surface area contributed by atoms with Crippen LogP contribution in [0.15, 0.2) is 52.1 Å². The molecule has 1 fully saturated rings. The van der Waals surface area contributed by atoms with Gasteiger partial charge in [-0.15, -0.1) is 0 Å². The minimum absolute atomic E-state index is 0.00443. The molecule has 0 N–H and O–H groups in total. The molecule has 1 amide bonds. The molecule has 8 heteroatoms. The van der Waals surface area contributed by atoms with Crippen LogP contribution in [0.1, 0.15) is 29.1 Å². The molecule has 3 aromatic rings. The van der Waals surface area contributed by atoms with Crippen molar-refractivity contribution in [1.82, 2.24) is 20.0 Å². The Morgan fingerprint density at radius 3 is 2.92 bits per heavy atom. The van der Waals surface area contributed by atoms with E-state index in [2.05, 4.69) is 15.1 Å². The van der Waals surface area contributed by atoms with Gasteiger partial charge >= 0.3 is 0 Å². The van der Waals surface area contributed by atoms with Crippen LogP contribution in [-0.2, 0) is 11.3 Å². The van der Waals surface area contributed by atoms with Gasteiger partial charge in [0.15, 0.2) is 0 Å². The van der Waals surface area contributed by atoms with Crippen LogP contribution in [0.3, 0.4) is 0 Å². The Labute approximate surface area is 149 Å². The molecule has 1 aliphatic heterocycles. The number of hydrogen-bond acceptors (Lipinski definition) is 7. The smallest absolute Gasteiger partial charge is 0.257 e. The average Bonchev–Trinajstić information content (AvgIpc) is 3.39. The molecule has 0 saturated carbocycles. The summed E-state index contributed by atoms with van der Waals surface area (Å²) in [7, 11) is 0. The second kappa shape index (κ2) is 7.49. The number of carbonyl (C=O) groups is 1. The Morgan fingerprint density at radius 1 is 1.31 bits per heavy atom. The molecule has 3 aromatic heterocycles. The number of piperidine rings is 1. The summed E-state index contributed by atoms with van der Waals surface area (Å²) in [5.74, 6) is 0.924. The number of carbonyl (C=O) groups excluding carboxylic acids is 1. The third-order valence-electron chi connectivity index (χ3n) is 4.33. The van der Waals surface area contributed by atoms with Crippen LogP contribution in [0, 0.1) is 0 Å². The number of amides is 1. The van der Waals surface area contributed by atoms with Crippen LogP contribution in [0.5, 0.6) is 0 Å². The van der Waals surface area contributed by atoms with Crippen molar-refractivity contribution in [2.75, 3.05) is 13.1 Å². The predicted octanol–water partition coefficient (Wildman–Crippen LogP) is 2.55. The van der Waals surface area contributed by atoms with E-state index in [0.29, 0.717) is 30.4 Å². The molecule has 1 aliphatic rings. The number of nitrogens with zero attached hydrogens (tertiary/aromatic N) is 4. The summed E-state index contributed by atoms with van der Waals surface area (Å²) in [6, 6.07) is 5.37. The molecule has 134 valence electrons. The summed E-state index contributed by atoms with van der Waals surface area (Å²) in [4.78, 5) is 22.5. The van der Waals surface area contributed by atoms with Crippen molar-refractivity contribution >= 4 is 5.91 Å². The number of aromatic nitrogens is 3. The van der Waals surface area contributed by atoms with E-state index in [1.165, 1.54) is 12.5 Å². The van der Waals surface area contributed by atoms with E-state index in [1.807, 2.05) is 17.0 Å². The summed E-state index contributed by atoms with van der Waals surface area (Å²) in [6.07, 6.45) is 7.96. The highest BCUT2D eigenvalue weighted by atomic mass is 16.5. The zero-order chi connectivity index (χ0) is 17.8. The minimum Gasteiger partial charge on any atom is -0.472 e. The van der Waals surface area contributed by atoms with Crippen molar-refractivity contribution in [3.8, 4) is 11.4 Å². The van der Waals surface area contributed by atoms with E-state index in [0.717, 1.165) is 18.4 Å². The van der Waals surface area contributed by atoms with Gasteiger partial charge in [0.1, 0.15) is 12.9 Å². The van der Waals surface area contributed by atoms with Crippen molar-refractivity contribution < 1.29 is 18.5 Å². The van der Waals surface area contributed by atoms with E-state index in [-0.39, 0.29) is 18.6 Å². The van der Waals surface area contributed by atoms with Gasteiger partial charge in [-0.25, -0.2) is 0 Å². The number of ether oxygens (including phenoxy) is 1. The molecular formula is C18H18N4O4. The first-order chi connectivity index (χ1) is 12.8. The third kappa shape index (κ3) is 3.65. The maximum absolute atomic E-state index is 12.3. The molecule has 1 saturated heterocycles. The second-order valence-corrected chi connectivity index (χ2v) is 6.07. The molecule has 0 aromatic carbocycles. The van der Waals surface area contributed by atoms with Gasteiger partial charge < -0.3 is 18.6 Å². The molecule has 8 nitrogen and oxygen atoms in total. The maximum Gasteiger partial charge on any atom is 0.257 e. The Kier molecular flexibility index (Phi) is 4.74. The molecule has 0 radical (unpaired) electrons. The van der Waals surface area contributed by atoms with Gasteiger partial charge in [0, 0.05) is 31.0 Å². The molecular weight excluding hydrogens is 336 g/mol. The molecule has 0 spiro atoms. The largest absolute Gasteiger partial charge is 0.472 e. The van der Waals surface area contributed by atoms with Gasteiger partial charge in [-0.1, -0.05) is 5.16 Å². The Morgan fingerprint density at radius 2 is 2.19 bits per heavy atom. The normalized spacial score (nSPS) is 15.3. The summed E-state index contributed by atoms with van der Waals surface area (Å²) >= 11 is 0. The fraction of sp³-hybridized carbons (Fsp3) is 0.333. The first-order valence-corrected chi connectivity index (χ1v) is 8.45. The fourth-order valence-corrected chi connectivity index (χ4v) is 2.91. The van der Waals surface area contributed by atoms with E-state index >= 15 is 0 Å². The van der Waals surface area contributed by atoms with Crippen LogP contribution in [-0.4, -0.2) is 45.1 Å². The van der Waals surface area contributed by atoms with E-state index in [1.54, 1.807) is 18.5 Å². The highest BCUT2D eigenvalue weighted by molar-refractivity contribution is 5.93. The Bertz CT molecular complexity index is 839. The molecule has 0 atom stereocenters. The lowest BCUT2D eigenvalue weighted by atomic mass is 10.1. The van der Waals surface area contributed by atoms with Gasteiger partial charge in [0.2, 0.25) is 5.82 Å². The number of rotatable bonds is 5. The van der Waals surface area contributed by atoms with Gasteiger partial charge in [-0.3, -0.25) is 9.78 Å². The number of hydrogen-bond donors (Lipinski definition) is 0. The van der Waals surface area contributed by atoms with Crippen LogP contribution >= 0.6 is 0 Å². The van der Waals surface area contributed by atoms with Crippen molar-refractivity contribution in [2.45, 2.75) is 25.6 Å². The van der Waals surface area contributed by atoms with Crippen LogP contribution in [0.25, 0.3) is 11.4 Å². The topological polar surface area (TPSA) is 94.5 Å². The Balaban J connectivity index is 1.26. The van der Waals surface area contributed by atoms with Gasteiger partial charge in [-0.05, 0) is 31.0 Å². The minimum atomic E-state index is -0.00443. The van der Waals surface area contributed by atoms with E-state index in [4.69, 9.17) is 13.7 Å². The van der Waals surface area contributed by atoms with Crippen molar-refractivity contribution in [2.24, 2.45) is 0 Å². The molecule has 0 aliphatic carbocycles. The van der Waals surface area contributed by atoms with E-state index in [9.17, 15) is 4.79 Å². The van der Waals surface area contributed by atoms with Gasteiger partial charge in [0.05, 0.1) is 17.9 Å². The molecule has 4 rings (SSSR count). The summed E-state index contributed by atoms with van der Waals surface area (Å²) < 4.78 is 16.1. The average molecular weight is 354 g/mol. The van der Waals surface area contributed by atoms with Crippen LogP contribution < -0.4 is 0 Å². The third-order valence-corrected chi connectivity index (χ3v) is 4.33. The zero-order valence-corrected chi connectivity index (χ0v) is 14.1. The monoisotopic (exact) mass is 354 g/mol. The Hall–Kier alpha value is -3.00. The SMILES string of the molecule is O=C(c1ccoc1)N1CCC(OCc2nc(-c3cccnc3)no2)CC1. The maximum atomic E-state index is 12.3. The zero-order valence-electron chi connectivity index (χ0n) is 14.1.